The maximum atomic E-state index is 12.8. The third kappa shape index (κ3) is 2.52. The number of aromatic nitrogens is 2. The average molecular weight is 331 g/mol. The van der Waals surface area contributed by atoms with Crippen LogP contribution in [0.5, 0.6) is 0 Å². The number of hydrogen-bond acceptors (Lipinski definition) is 3. The second-order valence-electron chi connectivity index (χ2n) is 8.02. The lowest BCUT2D eigenvalue weighted by Gasteiger charge is -2.51. The molecule has 4 aliphatic carbocycles. The number of carboxylic acid groups (broad SMARTS) is 1. The molecular weight excluding hydrogens is 306 g/mol. The molecule has 1 heterocycles. The molecule has 5 rings (SSSR count). The molecule has 1 aromatic rings. The van der Waals surface area contributed by atoms with Gasteiger partial charge in [-0.2, -0.15) is 5.10 Å². The van der Waals surface area contributed by atoms with Gasteiger partial charge in [0.05, 0.1) is 5.41 Å². The van der Waals surface area contributed by atoms with Gasteiger partial charge in [-0.1, -0.05) is 6.42 Å². The number of amides is 1. The number of hydrogen-bond donors (Lipinski definition) is 2. The van der Waals surface area contributed by atoms with Gasteiger partial charge in [-0.3, -0.25) is 14.3 Å². The van der Waals surface area contributed by atoms with Gasteiger partial charge < -0.3 is 10.4 Å². The molecule has 0 atom stereocenters. The Balaban J connectivity index is 1.44. The summed E-state index contributed by atoms with van der Waals surface area (Å²) in [6.07, 6.45) is 9.73. The minimum atomic E-state index is -0.666. The van der Waals surface area contributed by atoms with Gasteiger partial charge in [0.25, 0.3) is 5.91 Å². The van der Waals surface area contributed by atoms with Crippen LogP contribution in [0.1, 0.15) is 68.3 Å². The lowest BCUT2D eigenvalue weighted by molar-refractivity contribution is -0.156. The molecule has 130 valence electrons. The summed E-state index contributed by atoms with van der Waals surface area (Å²) in [5.74, 6) is -0.0765. The summed E-state index contributed by atoms with van der Waals surface area (Å²) in [7, 11) is 0. The molecular formula is C18H25N3O3. The second-order valence-corrected chi connectivity index (χ2v) is 8.02. The van der Waals surface area contributed by atoms with E-state index < -0.39 is 11.4 Å². The van der Waals surface area contributed by atoms with Gasteiger partial charge in [-0.25, -0.2) is 0 Å². The molecule has 2 N–H and O–H groups in total. The molecule has 4 aliphatic rings. The lowest BCUT2D eigenvalue weighted by atomic mass is 9.57. The highest BCUT2D eigenvalue weighted by atomic mass is 16.4. The molecule has 1 aromatic heterocycles. The molecule has 24 heavy (non-hydrogen) atoms. The van der Waals surface area contributed by atoms with Gasteiger partial charge in [-0.05, 0) is 63.4 Å². The zero-order chi connectivity index (χ0) is 16.8. The van der Waals surface area contributed by atoms with Gasteiger partial charge in [0.1, 0.15) is 5.69 Å². The number of fused-ring (bicyclic) bond motifs is 3. The zero-order valence-corrected chi connectivity index (χ0v) is 14.0. The molecule has 6 nitrogen and oxygen atoms in total. The fraction of sp³-hybridized carbons (Fsp3) is 0.722. The van der Waals surface area contributed by atoms with Crippen molar-refractivity contribution >= 4 is 11.9 Å². The Morgan fingerprint density at radius 1 is 1.21 bits per heavy atom. The monoisotopic (exact) mass is 331 g/mol. The summed E-state index contributed by atoms with van der Waals surface area (Å²) in [5, 5.41) is 17.0. The topological polar surface area (TPSA) is 84.2 Å². The van der Waals surface area contributed by atoms with E-state index in [0.717, 1.165) is 25.8 Å². The molecule has 4 fully saturated rings. The Bertz CT molecular complexity index is 638. The van der Waals surface area contributed by atoms with Crippen molar-refractivity contribution in [3.05, 3.63) is 18.0 Å². The molecule has 0 radical (unpaired) electrons. The molecule has 0 aromatic carbocycles. The minimum absolute atomic E-state index is 0.0588. The van der Waals surface area contributed by atoms with E-state index in [2.05, 4.69) is 10.4 Å². The van der Waals surface area contributed by atoms with E-state index >= 15 is 0 Å². The lowest BCUT2D eigenvalue weighted by Crippen LogP contribution is -2.58. The molecule has 1 amide bonds. The smallest absolute Gasteiger partial charge is 0.309 e. The molecule has 4 saturated carbocycles. The summed E-state index contributed by atoms with van der Waals surface area (Å²) in [6.45, 7) is 0.824. The molecule has 0 unspecified atom stereocenters. The van der Waals surface area contributed by atoms with E-state index in [1.54, 1.807) is 12.3 Å². The maximum absolute atomic E-state index is 12.8. The standard InChI is InChI=1S/C18H25N3O3/c22-15(14-4-11-19-21(14)12-13-2-1-3-13)20-18-8-5-17(6-9-18,7-10-18)16(23)24/h4,11,13H,1-3,5-10,12H2,(H,20,22)(H,23,24). The first-order valence-electron chi connectivity index (χ1n) is 9.10. The van der Waals surface area contributed by atoms with Crippen LogP contribution in [0.4, 0.5) is 0 Å². The number of carbonyl (C=O) groups is 2. The van der Waals surface area contributed by atoms with E-state index in [0.29, 0.717) is 30.9 Å². The van der Waals surface area contributed by atoms with E-state index in [4.69, 9.17) is 0 Å². The van der Waals surface area contributed by atoms with Crippen LogP contribution in [-0.4, -0.2) is 32.3 Å². The van der Waals surface area contributed by atoms with Gasteiger partial charge in [-0.15, -0.1) is 0 Å². The SMILES string of the molecule is O=C(NC12CCC(C(=O)O)(CC1)CC2)c1ccnn1CC1CCC1. The summed E-state index contributed by atoms with van der Waals surface area (Å²) in [4.78, 5) is 24.3. The maximum Gasteiger partial charge on any atom is 0.309 e. The molecule has 0 spiro atoms. The van der Waals surface area contributed by atoms with E-state index in [1.165, 1.54) is 19.3 Å². The number of nitrogens with one attached hydrogen (secondary N) is 1. The Labute approximate surface area is 141 Å². The van der Waals surface area contributed by atoms with E-state index in [9.17, 15) is 14.7 Å². The third-order valence-corrected chi connectivity index (χ3v) is 6.68. The number of aliphatic carboxylic acids is 1. The summed E-state index contributed by atoms with van der Waals surface area (Å²) in [5.41, 5.74) is -0.130. The van der Waals surface area contributed by atoms with Crippen LogP contribution in [-0.2, 0) is 11.3 Å². The minimum Gasteiger partial charge on any atom is -0.481 e. The Hall–Kier alpha value is -1.85. The first-order valence-corrected chi connectivity index (χ1v) is 9.10. The number of rotatable bonds is 5. The Morgan fingerprint density at radius 2 is 1.88 bits per heavy atom. The van der Waals surface area contributed by atoms with Gasteiger partial charge in [0.2, 0.25) is 0 Å². The van der Waals surface area contributed by atoms with E-state index in [-0.39, 0.29) is 11.4 Å². The molecule has 2 bridgehead atoms. The van der Waals surface area contributed by atoms with E-state index in [1.807, 2.05) is 4.68 Å². The molecule has 0 aliphatic heterocycles. The third-order valence-electron chi connectivity index (χ3n) is 6.68. The van der Waals surface area contributed by atoms with Gasteiger partial charge in [0, 0.05) is 18.3 Å². The van der Waals surface area contributed by atoms with Crippen molar-refractivity contribution in [2.75, 3.05) is 0 Å². The van der Waals surface area contributed by atoms with Crippen LogP contribution in [0, 0.1) is 11.3 Å². The number of carbonyl (C=O) groups excluding carboxylic acids is 1. The normalized spacial score (nSPS) is 32.3. The largest absolute Gasteiger partial charge is 0.481 e. The summed E-state index contributed by atoms with van der Waals surface area (Å²) < 4.78 is 1.84. The van der Waals surface area contributed by atoms with Crippen LogP contribution in [0.15, 0.2) is 12.3 Å². The van der Waals surface area contributed by atoms with Gasteiger partial charge >= 0.3 is 5.97 Å². The Morgan fingerprint density at radius 3 is 2.42 bits per heavy atom. The number of carboxylic acids is 1. The van der Waals surface area contributed by atoms with Gasteiger partial charge in [0.15, 0.2) is 0 Å². The summed E-state index contributed by atoms with van der Waals surface area (Å²) in [6, 6.07) is 1.79. The van der Waals surface area contributed by atoms with Crippen LogP contribution in [0.25, 0.3) is 0 Å². The predicted molar refractivity (Wildman–Crippen MR) is 87.5 cm³/mol. The highest BCUT2D eigenvalue weighted by Gasteiger charge is 2.53. The van der Waals surface area contributed by atoms with Crippen LogP contribution in [0.3, 0.4) is 0 Å². The highest BCUT2D eigenvalue weighted by Crippen LogP contribution is 2.52. The first-order chi connectivity index (χ1) is 11.5. The quantitative estimate of drug-likeness (QED) is 0.868. The van der Waals surface area contributed by atoms with Crippen molar-refractivity contribution < 1.29 is 14.7 Å². The summed E-state index contributed by atoms with van der Waals surface area (Å²) >= 11 is 0. The first kappa shape index (κ1) is 15.7. The van der Waals surface area contributed by atoms with Crippen LogP contribution >= 0.6 is 0 Å². The van der Waals surface area contributed by atoms with Crippen LogP contribution in [0.2, 0.25) is 0 Å². The van der Waals surface area contributed by atoms with Crippen molar-refractivity contribution in [2.45, 2.75) is 69.9 Å². The van der Waals surface area contributed by atoms with Crippen molar-refractivity contribution in [3.63, 3.8) is 0 Å². The van der Waals surface area contributed by atoms with Crippen molar-refractivity contribution in [2.24, 2.45) is 11.3 Å². The number of nitrogens with zero attached hydrogens (tertiary/aromatic N) is 2. The highest BCUT2D eigenvalue weighted by molar-refractivity contribution is 5.93. The fourth-order valence-corrected chi connectivity index (χ4v) is 4.59. The van der Waals surface area contributed by atoms with Crippen molar-refractivity contribution in [1.29, 1.82) is 0 Å². The molecule has 0 saturated heterocycles. The fourth-order valence-electron chi connectivity index (χ4n) is 4.59. The van der Waals surface area contributed by atoms with Crippen molar-refractivity contribution in [3.8, 4) is 0 Å². The zero-order valence-electron chi connectivity index (χ0n) is 14.0. The van der Waals surface area contributed by atoms with Crippen molar-refractivity contribution in [1.82, 2.24) is 15.1 Å². The predicted octanol–water partition coefficient (Wildman–Crippen LogP) is 2.59. The Kier molecular flexibility index (Phi) is 3.66. The van der Waals surface area contributed by atoms with Crippen LogP contribution < -0.4 is 5.32 Å². The average Bonchev–Trinajstić information content (AvgIpc) is 3.01. The second kappa shape index (κ2) is 5.60. The molecule has 6 heteroatoms.